The van der Waals surface area contributed by atoms with E-state index in [1.54, 1.807) is 38.5 Å². The minimum absolute atomic E-state index is 0.724. The summed E-state index contributed by atoms with van der Waals surface area (Å²) in [6.07, 6.45) is 12.2. The highest BCUT2D eigenvalue weighted by Gasteiger charge is 2.51. The van der Waals surface area contributed by atoms with Crippen LogP contribution >= 0.6 is 0 Å². The SMILES string of the molecule is CN(CC1CCCN1)CC12CC3CC(CC(C3)C1)C2. The number of hydrogen-bond donors (Lipinski definition) is 1. The zero-order valence-electron chi connectivity index (χ0n) is 12.5. The normalized spacial score (nSPS) is 48.3. The predicted octanol–water partition coefficient (Wildman–Crippen LogP) is 2.89. The Kier molecular flexibility index (Phi) is 3.15. The van der Waals surface area contributed by atoms with Crippen LogP contribution in [0.25, 0.3) is 0 Å². The zero-order chi connectivity index (χ0) is 12.9. The van der Waals surface area contributed by atoms with Crippen molar-refractivity contribution in [1.29, 1.82) is 0 Å². The molecule has 0 amide bonds. The van der Waals surface area contributed by atoms with Crippen molar-refractivity contribution in [1.82, 2.24) is 10.2 Å². The molecule has 0 aromatic rings. The van der Waals surface area contributed by atoms with Crippen molar-refractivity contribution >= 4 is 0 Å². The third kappa shape index (κ3) is 2.47. The Balaban J connectivity index is 1.38. The van der Waals surface area contributed by atoms with Crippen LogP contribution in [0.5, 0.6) is 0 Å². The van der Waals surface area contributed by atoms with Crippen molar-refractivity contribution in [3.8, 4) is 0 Å². The number of nitrogens with one attached hydrogen (secondary N) is 1. The van der Waals surface area contributed by atoms with E-state index in [-0.39, 0.29) is 0 Å². The van der Waals surface area contributed by atoms with Crippen LogP contribution in [0.4, 0.5) is 0 Å². The van der Waals surface area contributed by atoms with Gasteiger partial charge in [0.25, 0.3) is 0 Å². The molecule has 2 nitrogen and oxygen atoms in total. The molecule has 1 aliphatic heterocycles. The fourth-order valence-electron chi connectivity index (χ4n) is 6.41. The van der Waals surface area contributed by atoms with Gasteiger partial charge < -0.3 is 10.2 Å². The lowest BCUT2D eigenvalue weighted by atomic mass is 9.49. The van der Waals surface area contributed by atoms with Gasteiger partial charge in [0.15, 0.2) is 0 Å². The molecule has 5 fully saturated rings. The van der Waals surface area contributed by atoms with Crippen molar-refractivity contribution in [3.63, 3.8) is 0 Å². The lowest BCUT2D eigenvalue weighted by molar-refractivity contribution is -0.0666. The summed E-state index contributed by atoms with van der Waals surface area (Å²) in [6, 6.07) is 0.777. The molecule has 1 unspecified atom stereocenters. The monoisotopic (exact) mass is 262 g/mol. The van der Waals surface area contributed by atoms with Gasteiger partial charge in [0.2, 0.25) is 0 Å². The Morgan fingerprint density at radius 2 is 1.68 bits per heavy atom. The zero-order valence-corrected chi connectivity index (χ0v) is 12.5. The summed E-state index contributed by atoms with van der Waals surface area (Å²) in [6.45, 7) is 3.91. The van der Waals surface area contributed by atoms with E-state index < -0.39 is 0 Å². The summed E-state index contributed by atoms with van der Waals surface area (Å²) >= 11 is 0. The van der Waals surface area contributed by atoms with Gasteiger partial charge in [-0.15, -0.1) is 0 Å². The highest BCUT2D eigenvalue weighted by molar-refractivity contribution is 5.02. The first-order valence-electron chi connectivity index (χ1n) is 8.63. The van der Waals surface area contributed by atoms with Crippen LogP contribution in [0.15, 0.2) is 0 Å². The van der Waals surface area contributed by atoms with Gasteiger partial charge in [-0.05, 0) is 88.1 Å². The molecule has 108 valence electrons. The maximum atomic E-state index is 3.65. The summed E-state index contributed by atoms with van der Waals surface area (Å²) in [7, 11) is 2.37. The molecule has 5 aliphatic rings. The molecule has 4 bridgehead atoms. The van der Waals surface area contributed by atoms with Gasteiger partial charge in [-0.3, -0.25) is 0 Å². The molecule has 0 aromatic heterocycles. The maximum absolute atomic E-state index is 3.65. The summed E-state index contributed by atoms with van der Waals surface area (Å²) in [5.74, 6) is 3.30. The standard InChI is InChI=1S/C17H30N2/c1-19(11-16-3-2-4-18-16)12-17-8-13-5-14(9-17)7-15(6-13)10-17/h13-16,18H,2-12H2,1H3. The average molecular weight is 262 g/mol. The fraction of sp³-hybridized carbons (Fsp3) is 1.00. The largest absolute Gasteiger partial charge is 0.313 e. The van der Waals surface area contributed by atoms with Gasteiger partial charge in [0, 0.05) is 19.1 Å². The molecule has 19 heavy (non-hydrogen) atoms. The Morgan fingerprint density at radius 3 is 2.21 bits per heavy atom. The van der Waals surface area contributed by atoms with Crippen LogP contribution in [-0.2, 0) is 0 Å². The lowest BCUT2D eigenvalue weighted by Crippen LogP contribution is -2.51. The molecule has 1 saturated heterocycles. The first-order chi connectivity index (χ1) is 9.21. The van der Waals surface area contributed by atoms with Crippen molar-refractivity contribution in [2.45, 2.75) is 57.4 Å². The van der Waals surface area contributed by atoms with E-state index in [4.69, 9.17) is 0 Å². The van der Waals surface area contributed by atoms with Gasteiger partial charge in [0.1, 0.15) is 0 Å². The Morgan fingerprint density at radius 1 is 1.05 bits per heavy atom. The number of hydrogen-bond acceptors (Lipinski definition) is 2. The highest BCUT2D eigenvalue weighted by atomic mass is 15.1. The second-order valence-electron chi connectivity index (χ2n) is 8.41. The van der Waals surface area contributed by atoms with Crippen molar-refractivity contribution in [3.05, 3.63) is 0 Å². The topological polar surface area (TPSA) is 15.3 Å². The molecular formula is C17H30N2. The van der Waals surface area contributed by atoms with Crippen molar-refractivity contribution in [2.75, 3.05) is 26.7 Å². The maximum Gasteiger partial charge on any atom is 0.0195 e. The van der Waals surface area contributed by atoms with Crippen LogP contribution in [0, 0.1) is 23.2 Å². The first kappa shape index (κ1) is 12.6. The third-order valence-corrected chi connectivity index (χ3v) is 6.46. The first-order valence-corrected chi connectivity index (χ1v) is 8.63. The van der Waals surface area contributed by atoms with E-state index in [0.29, 0.717) is 0 Å². The Hall–Kier alpha value is -0.0800. The molecule has 1 N–H and O–H groups in total. The van der Waals surface area contributed by atoms with Crippen LogP contribution in [0.2, 0.25) is 0 Å². The van der Waals surface area contributed by atoms with E-state index in [1.807, 2.05) is 0 Å². The van der Waals surface area contributed by atoms with E-state index in [1.165, 1.54) is 32.5 Å². The minimum atomic E-state index is 0.724. The van der Waals surface area contributed by atoms with Gasteiger partial charge in [-0.2, -0.15) is 0 Å². The smallest absolute Gasteiger partial charge is 0.0195 e. The molecule has 0 radical (unpaired) electrons. The number of rotatable bonds is 4. The van der Waals surface area contributed by atoms with Gasteiger partial charge in [-0.1, -0.05) is 0 Å². The van der Waals surface area contributed by atoms with Crippen molar-refractivity contribution in [2.24, 2.45) is 23.2 Å². The summed E-state index contributed by atoms with van der Waals surface area (Å²) < 4.78 is 0. The predicted molar refractivity (Wildman–Crippen MR) is 79.1 cm³/mol. The lowest BCUT2D eigenvalue weighted by Gasteiger charge is -2.57. The molecular weight excluding hydrogens is 232 g/mol. The molecule has 0 aromatic carbocycles. The molecule has 5 rings (SSSR count). The van der Waals surface area contributed by atoms with E-state index in [2.05, 4.69) is 17.3 Å². The number of nitrogens with zero attached hydrogens (tertiary/aromatic N) is 1. The fourth-order valence-corrected chi connectivity index (χ4v) is 6.41. The summed E-state index contributed by atoms with van der Waals surface area (Å²) in [4.78, 5) is 2.66. The van der Waals surface area contributed by atoms with Gasteiger partial charge in [0.05, 0.1) is 0 Å². The molecule has 2 heteroatoms. The van der Waals surface area contributed by atoms with E-state index in [0.717, 1.165) is 29.2 Å². The molecule has 1 atom stereocenters. The quantitative estimate of drug-likeness (QED) is 0.838. The van der Waals surface area contributed by atoms with Gasteiger partial charge >= 0.3 is 0 Å². The average Bonchev–Trinajstić information content (AvgIpc) is 2.78. The van der Waals surface area contributed by atoms with E-state index in [9.17, 15) is 0 Å². The van der Waals surface area contributed by atoms with Crippen LogP contribution < -0.4 is 5.32 Å². The second kappa shape index (κ2) is 4.73. The molecule has 4 saturated carbocycles. The Bertz CT molecular complexity index is 297. The van der Waals surface area contributed by atoms with E-state index >= 15 is 0 Å². The molecule has 4 aliphatic carbocycles. The minimum Gasteiger partial charge on any atom is -0.313 e. The summed E-state index contributed by atoms with van der Waals surface area (Å²) in [5.41, 5.74) is 0.724. The molecule has 0 spiro atoms. The number of likely N-dealkylation sites (N-methyl/N-ethyl adjacent to an activating group) is 1. The van der Waals surface area contributed by atoms with Crippen molar-refractivity contribution < 1.29 is 0 Å². The second-order valence-corrected chi connectivity index (χ2v) is 8.41. The Labute approximate surface area is 118 Å². The van der Waals surface area contributed by atoms with Gasteiger partial charge in [-0.25, -0.2) is 0 Å². The molecule has 1 heterocycles. The van der Waals surface area contributed by atoms with Crippen LogP contribution in [0.3, 0.4) is 0 Å². The third-order valence-electron chi connectivity index (χ3n) is 6.46. The van der Waals surface area contributed by atoms with Crippen LogP contribution in [0.1, 0.15) is 51.4 Å². The highest BCUT2D eigenvalue weighted by Crippen LogP contribution is 2.60. The summed E-state index contributed by atoms with van der Waals surface area (Å²) in [5, 5.41) is 3.65. The van der Waals surface area contributed by atoms with Crippen LogP contribution in [-0.4, -0.2) is 37.6 Å².